The number of hydrogen-bond donors (Lipinski definition) is 1. The van der Waals surface area contributed by atoms with Crippen LogP contribution in [-0.2, 0) is 5.75 Å². The quantitative estimate of drug-likeness (QED) is 0.621. The largest absolute Gasteiger partial charge is 0.508 e. The van der Waals surface area contributed by atoms with E-state index in [1.54, 1.807) is 12.1 Å². The predicted octanol–water partition coefficient (Wildman–Crippen LogP) is 5.85. The van der Waals surface area contributed by atoms with Gasteiger partial charge in [-0.25, -0.2) is 0 Å². The maximum atomic E-state index is 9.45. The molecule has 3 aromatic rings. The van der Waals surface area contributed by atoms with Gasteiger partial charge in [0.05, 0.1) is 0 Å². The Bertz CT molecular complexity index is 760. The molecule has 1 nitrogen and oxygen atoms in total. The first-order valence-electron chi connectivity index (χ1n) is 6.78. The molecule has 0 aliphatic rings. The summed E-state index contributed by atoms with van der Waals surface area (Å²) in [5, 5.41) is 12.0. The maximum absolute atomic E-state index is 9.45. The first kappa shape index (κ1) is 14.5. The van der Waals surface area contributed by atoms with Gasteiger partial charge in [-0.2, -0.15) is 8.46 Å². The third kappa shape index (κ3) is 3.09. The molecule has 1 unspecified atom stereocenters. The molecule has 0 amide bonds. The van der Waals surface area contributed by atoms with Crippen LogP contribution in [0.5, 0.6) is 5.75 Å². The minimum atomic E-state index is -1.12. The van der Waals surface area contributed by atoms with Gasteiger partial charge in [-0.3, -0.25) is 0 Å². The van der Waals surface area contributed by atoms with E-state index >= 15 is 0 Å². The molecule has 108 valence electrons. The topological polar surface area (TPSA) is 20.2 Å². The Morgan fingerprint density at radius 2 is 1.57 bits per heavy atom. The van der Waals surface area contributed by atoms with Gasteiger partial charge in [0.15, 0.2) is 0 Å². The van der Waals surface area contributed by atoms with E-state index in [-0.39, 0.29) is 0 Å². The second-order valence-corrected chi connectivity index (χ2v) is 12.3. The van der Waals surface area contributed by atoms with Crippen LogP contribution in [0.15, 0.2) is 71.6 Å². The SMILES string of the molecule is CS(Br)(Cc1cccc2ccccc12)c1ccc(O)cc1. The van der Waals surface area contributed by atoms with Crippen molar-refractivity contribution in [2.24, 2.45) is 0 Å². The molecule has 0 heterocycles. The zero-order valence-electron chi connectivity index (χ0n) is 11.8. The number of benzene rings is 3. The number of aromatic hydroxyl groups is 1. The minimum Gasteiger partial charge on any atom is -0.508 e. The fraction of sp³-hybridized carbons (Fsp3) is 0.111. The summed E-state index contributed by atoms with van der Waals surface area (Å²) in [4.78, 5) is 1.24. The Morgan fingerprint density at radius 3 is 2.33 bits per heavy atom. The lowest BCUT2D eigenvalue weighted by molar-refractivity contribution is 0.475. The van der Waals surface area contributed by atoms with Crippen molar-refractivity contribution < 1.29 is 5.11 Å². The summed E-state index contributed by atoms with van der Waals surface area (Å²) < 4.78 is 0. The first-order valence-corrected chi connectivity index (χ1v) is 10.8. The van der Waals surface area contributed by atoms with E-state index < -0.39 is 8.46 Å². The molecule has 0 radical (unpaired) electrons. The first-order chi connectivity index (χ1) is 10.1. The fourth-order valence-electron chi connectivity index (χ4n) is 2.52. The summed E-state index contributed by atoms with van der Waals surface area (Å²) in [6.45, 7) is 0. The molecule has 0 bridgehead atoms. The number of phenolic OH excluding ortho intramolecular Hbond substituents is 1. The average molecular weight is 361 g/mol. The van der Waals surface area contributed by atoms with Gasteiger partial charge in [-0.1, -0.05) is 42.5 Å². The summed E-state index contributed by atoms with van der Waals surface area (Å²) in [5.74, 6) is 1.28. The van der Waals surface area contributed by atoms with E-state index in [0.29, 0.717) is 5.75 Å². The zero-order valence-corrected chi connectivity index (χ0v) is 14.2. The second-order valence-electron chi connectivity index (χ2n) is 5.25. The normalized spacial score (nSPS) is 15.5. The second kappa shape index (κ2) is 5.74. The number of phenols is 1. The molecule has 0 aromatic heterocycles. The highest BCUT2D eigenvalue weighted by molar-refractivity contribution is 9.58. The standard InChI is InChI=1S/C18H17BrOS/c1-21(19,17-11-9-16(20)10-12-17)13-15-7-4-6-14-5-2-3-8-18(14)15/h2-12,20H,13H2,1H3. The molecule has 3 heteroatoms. The molecule has 1 atom stereocenters. The molecule has 0 aliphatic heterocycles. The van der Waals surface area contributed by atoms with E-state index in [4.69, 9.17) is 0 Å². The summed E-state index contributed by atoms with van der Waals surface area (Å²) in [6, 6.07) is 22.5. The monoisotopic (exact) mass is 360 g/mol. The summed E-state index contributed by atoms with van der Waals surface area (Å²) in [6.07, 6.45) is 2.25. The molecular weight excluding hydrogens is 344 g/mol. The number of fused-ring (bicyclic) bond motifs is 1. The van der Waals surface area contributed by atoms with Crippen LogP contribution >= 0.6 is 23.3 Å². The van der Waals surface area contributed by atoms with E-state index in [2.05, 4.69) is 63.5 Å². The van der Waals surface area contributed by atoms with Gasteiger partial charge in [0.2, 0.25) is 0 Å². The lowest BCUT2D eigenvalue weighted by Crippen LogP contribution is -1.96. The Balaban J connectivity index is 1.99. The zero-order chi connectivity index (χ0) is 14.9. The molecule has 0 saturated carbocycles. The highest BCUT2D eigenvalue weighted by Crippen LogP contribution is 2.62. The smallest absolute Gasteiger partial charge is 0.115 e. The van der Waals surface area contributed by atoms with Crippen LogP contribution in [0, 0.1) is 0 Å². The van der Waals surface area contributed by atoms with E-state index in [1.807, 2.05) is 12.1 Å². The molecule has 0 saturated heterocycles. The fourth-order valence-corrected chi connectivity index (χ4v) is 5.62. The van der Waals surface area contributed by atoms with Crippen LogP contribution in [0.4, 0.5) is 0 Å². The number of hydrogen-bond acceptors (Lipinski definition) is 1. The van der Waals surface area contributed by atoms with Gasteiger partial charge >= 0.3 is 0 Å². The minimum absolute atomic E-state index is 0.312. The van der Waals surface area contributed by atoms with Crippen molar-refractivity contribution in [3.05, 3.63) is 72.3 Å². The number of rotatable bonds is 3. The van der Waals surface area contributed by atoms with Gasteiger partial charge in [0, 0.05) is 5.75 Å². The highest BCUT2D eigenvalue weighted by Gasteiger charge is 2.19. The van der Waals surface area contributed by atoms with Crippen LogP contribution in [0.2, 0.25) is 0 Å². The Hall–Kier alpha value is -1.45. The molecule has 0 spiro atoms. The van der Waals surface area contributed by atoms with Crippen molar-refractivity contribution in [2.45, 2.75) is 10.6 Å². The van der Waals surface area contributed by atoms with Gasteiger partial charge in [-0.15, -0.1) is 0 Å². The van der Waals surface area contributed by atoms with Gasteiger partial charge in [0.25, 0.3) is 0 Å². The van der Waals surface area contributed by atoms with E-state index in [1.165, 1.54) is 21.2 Å². The lowest BCUT2D eigenvalue weighted by atomic mass is 10.1. The average Bonchev–Trinajstić information content (AvgIpc) is 2.48. The molecule has 0 fully saturated rings. The van der Waals surface area contributed by atoms with Crippen molar-refractivity contribution in [3.63, 3.8) is 0 Å². The Kier molecular flexibility index (Phi) is 3.96. The van der Waals surface area contributed by atoms with Crippen LogP contribution in [-0.4, -0.2) is 11.4 Å². The third-order valence-corrected chi connectivity index (χ3v) is 7.55. The summed E-state index contributed by atoms with van der Waals surface area (Å²) in [5.41, 5.74) is 1.36. The van der Waals surface area contributed by atoms with Gasteiger partial charge in [0.1, 0.15) is 5.75 Å². The molecular formula is C18H17BrOS. The molecule has 3 aromatic carbocycles. The van der Waals surface area contributed by atoms with Gasteiger partial charge in [-0.05, 0) is 66.6 Å². The van der Waals surface area contributed by atoms with Crippen LogP contribution < -0.4 is 0 Å². The van der Waals surface area contributed by atoms with Gasteiger partial charge < -0.3 is 5.11 Å². The van der Waals surface area contributed by atoms with Crippen LogP contribution in [0.3, 0.4) is 0 Å². The highest BCUT2D eigenvalue weighted by atomic mass is 79.9. The molecule has 0 aliphatic carbocycles. The Morgan fingerprint density at radius 1 is 0.905 bits per heavy atom. The van der Waals surface area contributed by atoms with Crippen molar-refractivity contribution in [1.29, 1.82) is 0 Å². The van der Waals surface area contributed by atoms with E-state index in [0.717, 1.165) is 5.75 Å². The molecule has 21 heavy (non-hydrogen) atoms. The summed E-state index contributed by atoms with van der Waals surface area (Å²) >= 11 is 3.94. The van der Waals surface area contributed by atoms with Crippen LogP contribution in [0.25, 0.3) is 10.8 Å². The summed E-state index contributed by atoms with van der Waals surface area (Å²) in [7, 11) is -1.12. The van der Waals surface area contributed by atoms with Crippen LogP contribution in [0.1, 0.15) is 5.56 Å². The molecule has 1 N–H and O–H groups in total. The van der Waals surface area contributed by atoms with Crippen molar-refractivity contribution in [1.82, 2.24) is 0 Å². The maximum Gasteiger partial charge on any atom is 0.115 e. The lowest BCUT2D eigenvalue weighted by Gasteiger charge is -2.29. The van der Waals surface area contributed by atoms with Crippen molar-refractivity contribution in [2.75, 3.05) is 6.26 Å². The van der Waals surface area contributed by atoms with E-state index in [9.17, 15) is 5.11 Å². The number of halogens is 1. The van der Waals surface area contributed by atoms with Crippen molar-refractivity contribution >= 4 is 34.0 Å². The Labute approximate surface area is 134 Å². The molecule has 3 rings (SSSR count). The van der Waals surface area contributed by atoms with Crippen molar-refractivity contribution in [3.8, 4) is 5.75 Å². The predicted molar refractivity (Wildman–Crippen MR) is 96.5 cm³/mol. The third-order valence-electron chi connectivity index (χ3n) is 3.63.